The van der Waals surface area contributed by atoms with Gasteiger partial charge in [0.1, 0.15) is 0 Å². The SMILES string of the molecule is O=C(Nc1ccccc1)C1=CCNCC1. The van der Waals surface area contributed by atoms with Crippen molar-refractivity contribution in [2.24, 2.45) is 0 Å². The molecule has 0 radical (unpaired) electrons. The number of benzene rings is 1. The molecule has 3 heteroatoms. The van der Waals surface area contributed by atoms with E-state index in [1.54, 1.807) is 0 Å². The van der Waals surface area contributed by atoms with Crippen molar-refractivity contribution < 1.29 is 4.79 Å². The van der Waals surface area contributed by atoms with Gasteiger partial charge in [0, 0.05) is 17.8 Å². The second-order valence-electron chi connectivity index (χ2n) is 3.50. The summed E-state index contributed by atoms with van der Waals surface area (Å²) in [5.74, 6) is 0.0164. The minimum Gasteiger partial charge on any atom is -0.322 e. The van der Waals surface area contributed by atoms with E-state index in [1.807, 2.05) is 36.4 Å². The van der Waals surface area contributed by atoms with E-state index in [2.05, 4.69) is 10.6 Å². The predicted molar refractivity (Wildman–Crippen MR) is 60.6 cm³/mol. The van der Waals surface area contributed by atoms with Crippen LogP contribution >= 0.6 is 0 Å². The highest BCUT2D eigenvalue weighted by Crippen LogP contribution is 2.10. The number of hydrogen-bond acceptors (Lipinski definition) is 2. The Labute approximate surface area is 89.2 Å². The van der Waals surface area contributed by atoms with Crippen molar-refractivity contribution in [3.05, 3.63) is 42.0 Å². The van der Waals surface area contributed by atoms with Crippen molar-refractivity contribution in [2.75, 3.05) is 18.4 Å². The Morgan fingerprint density at radius 3 is 2.73 bits per heavy atom. The fourth-order valence-corrected chi connectivity index (χ4v) is 1.56. The zero-order valence-corrected chi connectivity index (χ0v) is 8.49. The summed E-state index contributed by atoms with van der Waals surface area (Å²) < 4.78 is 0. The van der Waals surface area contributed by atoms with Crippen molar-refractivity contribution in [3.63, 3.8) is 0 Å². The van der Waals surface area contributed by atoms with Crippen molar-refractivity contribution in [1.29, 1.82) is 0 Å². The van der Waals surface area contributed by atoms with Crippen LogP contribution in [-0.4, -0.2) is 19.0 Å². The van der Waals surface area contributed by atoms with Gasteiger partial charge < -0.3 is 10.6 Å². The number of para-hydroxylation sites is 1. The summed E-state index contributed by atoms with van der Waals surface area (Å²) in [7, 11) is 0. The van der Waals surface area contributed by atoms with Crippen LogP contribution in [0.15, 0.2) is 42.0 Å². The van der Waals surface area contributed by atoms with Gasteiger partial charge in [-0.2, -0.15) is 0 Å². The molecule has 0 saturated heterocycles. The summed E-state index contributed by atoms with van der Waals surface area (Å²) in [5.41, 5.74) is 1.72. The number of nitrogens with one attached hydrogen (secondary N) is 2. The van der Waals surface area contributed by atoms with Gasteiger partial charge in [-0.05, 0) is 25.1 Å². The summed E-state index contributed by atoms with van der Waals surface area (Å²) in [5, 5.41) is 6.05. The Morgan fingerprint density at radius 1 is 1.27 bits per heavy atom. The summed E-state index contributed by atoms with van der Waals surface area (Å²) in [6.07, 6.45) is 2.75. The van der Waals surface area contributed by atoms with Crippen LogP contribution < -0.4 is 10.6 Å². The molecule has 78 valence electrons. The first kappa shape index (κ1) is 9.93. The highest BCUT2D eigenvalue weighted by Gasteiger charge is 2.11. The van der Waals surface area contributed by atoms with Crippen LogP contribution in [0.2, 0.25) is 0 Å². The molecule has 1 aliphatic rings. The van der Waals surface area contributed by atoms with E-state index in [0.717, 1.165) is 30.8 Å². The Balaban J connectivity index is 2.00. The molecule has 0 atom stereocenters. The number of rotatable bonds is 2. The Bertz CT molecular complexity index is 370. The number of carbonyl (C=O) groups is 1. The Hall–Kier alpha value is -1.61. The van der Waals surface area contributed by atoms with E-state index in [4.69, 9.17) is 0 Å². The average molecular weight is 202 g/mol. The molecule has 0 aromatic heterocycles. The molecule has 15 heavy (non-hydrogen) atoms. The molecule has 0 spiro atoms. The molecule has 0 aliphatic carbocycles. The van der Waals surface area contributed by atoms with Gasteiger partial charge in [0.2, 0.25) is 0 Å². The molecule has 2 rings (SSSR count). The lowest BCUT2D eigenvalue weighted by Gasteiger charge is -2.13. The van der Waals surface area contributed by atoms with Crippen molar-refractivity contribution in [1.82, 2.24) is 5.32 Å². The van der Waals surface area contributed by atoms with Crippen LogP contribution in [0.4, 0.5) is 5.69 Å². The molecule has 2 N–H and O–H groups in total. The zero-order valence-electron chi connectivity index (χ0n) is 8.49. The van der Waals surface area contributed by atoms with E-state index in [0.29, 0.717) is 0 Å². The standard InChI is InChI=1S/C12H14N2O/c15-12(10-6-8-13-9-7-10)14-11-4-2-1-3-5-11/h1-6,13H,7-9H2,(H,14,15). The van der Waals surface area contributed by atoms with Crippen LogP contribution in [0, 0.1) is 0 Å². The molecule has 1 aliphatic heterocycles. The van der Waals surface area contributed by atoms with E-state index in [1.165, 1.54) is 0 Å². The van der Waals surface area contributed by atoms with Gasteiger partial charge in [-0.25, -0.2) is 0 Å². The minimum atomic E-state index is 0.0164. The maximum Gasteiger partial charge on any atom is 0.251 e. The van der Waals surface area contributed by atoms with Crippen LogP contribution in [0.3, 0.4) is 0 Å². The van der Waals surface area contributed by atoms with Crippen molar-refractivity contribution in [2.45, 2.75) is 6.42 Å². The van der Waals surface area contributed by atoms with E-state index in [9.17, 15) is 4.79 Å². The lowest BCUT2D eigenvalue weighted by Crippen LogP contribution is -2.26. The van der Waals surface area contributed by atoms with Crippen molar-refractivity contribution in [3.8, 4) is 0 Å². The van der Waals surface area contributed by atoms with Gasteiger partial charge in [-0.1, -0.05) is 24.3 Å². The first-order valence-electron chi connectivity index (χ1n) is 5.12. The molecule has 0 fully saturated rings. The normalized spacial score (nSPS) is 15.6. The van der Waals surface area contributed by atoms with Crippen LogP contribution in [0.5, 0.6) is 0 Å². The first-order chi connectivity index (χ1) is 7.36. The van der Waals surface area contributed by atoms with E-state index in [-0.39, 0.29) is 5.91 Å². The molecule has 1 heterocycles. The number of carbonyl (C=O) groups excluding carboxylic acids is 1. The van der Waals surface area contributed by atoms with E-state index >= 15 is 0 Å². The third-order valence-electron chi connectivity index (χ3n) is 2.39. The van der Waals surface area contributed by atoms with Gasteiger partial charge in [0.05, 0.1) is 0 Å². The molecule has 1 aromatic carbocycles. The highest BCUT2D eigenvalue weighted by atomic mass is 16.1. The maximum absolute atomic E-state index is 11.8. The lowest BCUT2D eigenvalue weighted by atomic mass is 10.1. The molecule has 0 unspecified atom stereocenters. The minimum absolute atomic E-state index is 0.0164. The predicted octanol–water partition coefficient (Wildman–Crippen LogP) is 1.54. The van der Waals surface area contributed by atoms with Gasteiger partial charge in [0.15, 0.2) is 0 Å². The van der Waals surface area contributed by atoms with Crippen molar-refractivity contribution >= 4 is 11.6 Å². The quantitative estimate of drug-likeness (QED) is 0.764. The van der Waals surface area contributed by atoms with Gasteiger partial charge in [-0.3, -0.25) is 4.79 Å². The number of anilines is 1. The third-order valence-corrected chi connectivity index (χ3v) is 2.39. The zero-order chi connectivity index (χ0) is 10.5. The fraction of sp³-hybridized carbons (Fsp3) is 0.250. The summed E-state index contributed by atoms with van der Waals surface area (Å²) >= 11 is 0. The second-order valence-corrected chi connectivity index (χ2v) is 3.50. The average Bonchev–Trinajstić information content (AvgIpc) is 2.31. The molecular weight excluding hydrogens is 188 g/mol. The summed E-state index contributed by atoms with van der Waals surface area (Å²) in [6.45, 7) is 1.67. The van der Waals surface area contributed by atoms with Gasteiger partial charge in [-0.15, -0.1) is 0 Å². The third kappa shape index (κ3) is 2.67. The molecule has 3 nitrogen and oxygen atoms in total. The smallest absolute Gasteiger partial charge is 0.251 e. The van der Waals surface area contributed by atoms with Crippen LogP contribution in [0.25, 0.3) is 0 Å². The number of hydrogen-bond donors (Lipinski definition) is 2. The second kappa shape index (κ2) is 4.75. The van der Waals surface area contributed by atoms with E-state index < -0.39 is 0 Å². The van der Waals surface area contributed by atoms with Gasteiger partial charge >= 0.3 is 0 Å². The topological polar surface area (TPSA) is 41.1 Å². The fourth-order valence-electron chi connectivity index (χ4n) is 1.56. The highest BCUT2D eigenvalue weighted by molar-refractivity contribution is 6.03. The molecule has 1 amide bonds. The molecule has 1 aromatic rings. The monoisotopic (exact) mass is 202 g/mol. The largest absolute Gasteiger partial charge is 0.322 e. The Kier molecular flexibility index (Phi) is 3.15. The summed E-state index contributed by atoms with van der Waals surface area (Å²) in [4.78, 5) is 11.8. The Morgan fingerprint density at radius 2 is 2.07 bits per heavy atom. The number of amides is 1. The van der Waals surface area contributed by atoms with Gasteiger partial charge in [0.25, 0.3) is 5.91 Å². The first-order valence-corrected chi connectivity index (χ1v) is 5.12. The molecular formula is C12H14N2O. The molecule has 0 bridgehead atoms. The van der Waals surface area contributed by atoms with Crippen LogP contribution in [-0.2, 0) is 4.79 Å². The lowest BCUT2D eigenvalue weighted by molar-refractivity contribution is -0.113. The summed E-state index contributed by atoms with van der Waals surface area (Å²) in [6, 6.07) is 9.53. The molecule has 0 saturated carbocycles. The maximum atomic E-state index is 11.8. The van der Waals surface area contributed by atoms with Crippen LogP contribution in [0.1, 0.15) is 6.42 Å².